The number of carboxylic acids is 1. The Labute approximate surface area is 71.8 Å². The molecular weight excluding hydrogens is 158 g/mol. The molecule has 2 N–H and O–H groups in total. The van der Waals surface area contributed by atoms with Gasteiger partial charge in [-0.1, -0.05) is 0 Å². The van der Waals surface area contributed by atoms with Crippen molar-refractivity contribution < 1.29 is 15.0 Å². The normalized spacial score (nSPS) is 24.6. The van der Waals surface area contributed by atoms with Gasteiger partial charge in [-0.25, -0.2) is 0 Å². The summed E-state index contributed by atoms with van der Waals surface area (Å²) in [7, 11) is 0. The summed E-state index contributed by atoms with van der Waals surface area (Å²) in [5, 5.41) is 17.4. The Kier molecular flexibility index (Phi) is 3.49. The number of aliphatic carboxylic acids is 1. The van der Waals surface area contributed by atoms with Gasteiger partial charge >= 0.3 is 5.97 Å². The van der Waals surface area contributed by atoms with Gasteiger partial charge in [0.1, 0.15) is 0 Å². The van der Waals surface area contributed by atoms with Crippen molar-refractivity contribution in [2.75, 3.05) is 19.7 Å². The molecule has 1 aliphatic heterocycles. The smallest absolute Gasteiger partial charge is 0.304 e. The highest BCUT2D eigenvalue weighted by Crippen LogP contribution is 2.16. The summed E-state index contributed by atoms with van der Waals surface area (Å²) in [5.41, 5.74) is 0. The van der Waals surface area contributed by atoms with Crippen LogP contribution in [0.1, 0.15) is 19.3 Å². The van der Waals surface area contributed by atoms with Crippen LogP contribution in [0.5, 0.6) is 0 Å². The maximum atomic E-state index is 10.3. The first kappa shape index (κ1) is 9.48. The lowest BCUT2D eigenvalue weighted by molar-refractivity contribution is -0.137. The minimum atomic E-state index is -0.765. The summed E-state index contributed by atoms with van der Waals surface area (Å²) in [5.74, 6) is -0.765. The molecule has 0 aliphatic carbocycles. The van der Waals surface area contributed by atoms with Crippen molar-refractivity contribution >= 4 is 5.97 Å². The van der Waals surface area contributed by atoms with Crippen LogP contribution in [0.2, 0.25) is 0 Å². The number of hydrogen-bond acceptors (Lipinski definition) is 3. The lowest BCUT2D eigenvalue weighted by atomic mass is 10.2. The number of nitrogens with zero attached hydrogens (tertiary/aromatic N) is 1. The first-order valence-corrected chi connectivity index (χ1v) is 4.30. The molecule has 0 aromatic rings. The molecule has 12 heavy (non-hydrogen) atoms. The Morgan fingerprint density at radius 3 is 2.92 bits per heavy atom. The molecule has 1 saturated heterocycles. The Morgan fingerprint density at radius 2 is 2.33 bits per heavy atom. The van der Waals surface area contributed by atoms with Gasteiger partial charge in [-0.3, -0.25) is 9.69 Å². The van der Waals surface area contributed by atoms with E-state index < -0.39 is 5.97 Å². The van der Waals surface area contributed by atoms with Crippen LogP contribution >= 0.6 is 0 Å². The summed E-state index contributed by atoms with van der Waals surface area (Å²) in [6.45, 7) is 1.65. The molecule has 0 radical (unpaired) electrons. The number of carbonyl (C=O) groups is 1. The van der Waals surface area contributed by atoms with Crippen LogP contribution in [-0.2, 0) is 4.79 Å². The number of carboxylic acid groups (broad SMARTS) is 1. The molecule has 0 unspecified atom stereocenters. The lowest BCUT2D eigenvalue weighted by Gasteiger charge is -2.21. The monoisotopic (exact) mass is 173 g/mol. The third kappa shape index (κ3) is 2.46. The standard InChI is InChI=1S/C8H15NO3/c10-6-7-2-1-4-9(7)5-3-8(11)12/h7,10H,1-6H2,(H,11,12)/t7-/m1/s1. The Bertz CT molecular complexity index is 160. The van der Waals surface area contributed by atoms with E-state index in [2.05, 4.69) is 0 Å². The highest BCUT2D eigenvalue weighted by Gasteiger charge is 2.23. The molecule has 0 saturated carbocycles. The molecule has 0 spiro atoms. The van der Waals surface area contributed by atoms with Gasteiger partial charge in [0.15, 0.2) is 0 Å². The minimum Gasteiger partial charge on any atom is -0.481 e. The minimum absolute atomic E-state index is 0.152. The number of aliphatic hydroxyl groups excluding tert-OH is 1. The Morgan fingerprint density at radius 1 is 1.58 bits per heavy atom. The summed E-state index contributed by atoms with van der Waals surface area (Å²) >= 11 is 0. The maximum absolute atomic E-state index is 10.3. The van der Waals surface area contributed by atoms with E-state index >= 15 is 0 Å². The van der Waals surface area contributed by atoms with Crippen LogP contribution in [0, 0.1) is 0 Å². The second-order valence-corrected chi connectivity index (χ2v) is 3.16. The van der Waals surface area contributed by atoms with E-state index in [4.69, 9.17) is 10.2 Å². The SMILES string of the molecule is O=C(O)CCN1CCC[C@@H]1CO. The van der Waals surface area contributed by atoms with E-state index in [-0.39, 0.29) is 19.1 Å². The average molecular weight is 173 g/mol. The summed E-state index contributed by atoms with van der Waals surface area (Å²) in [6, 6.07) is 0.198. The van der Waals surface area contributed by atoms with E-state index in [1.807, 2.05) is 4.90 Å². The fourth-order valence-electron chi connectivity index (χ4n) is 1.64. The molecule has 0 aromatic carbocycles. The molecule has 1 rings (SSSR count). The fraction of sp³-hybridized carbons (Fsp3) is 0.875. The van der Waals surface area contributed by atoms with E-state index in [9.17, 15) is 4.79 Å². The third-order valence-corrected chi connectivity index (χ3v) is 2.32. The fourth-order valence-corrected chi connectivity index (χ4v) is 1.64. The average Bonchev–Trinajstić information content (AvgIpc) is 2.47. The quantitative estimate of drug-likeness (QED) is 0.624. The second kappa shape index (κ2) is 4.42. The van der Waals surface area contributed by atoms with Gasteiger partial charge in [0, 0.05) is 12.6 Å². The van der Waals surface area contributed by atoms with Crippen LogP contribution < -0.4 is 0 Å². The van der Waals surface area contributed by atoms with E-state index in [1.54, 1.807) is 0 Å². The summed E-state index contributed by atoms with van der Waals surface area (Å²) in [6.07, 6.45) is 2.25. The summed E-state index contributed by atoms with van der Waals surface area (Å²) in [4.78, 5) is 12.3. The van der Waals surface area contributed by atoms with E-state index in [1.165, 1.54) is 0 Å². The van der Waals surface area contributed by atoms with Crippen LogP contribution in [0.4, 0.5) is 0 Å². The van der Waals surface area contributed by atoms with E-state index in [0.29, 0.717) is 6.54 Å². The third-order valence-electron chi connectivity index (χ3n) is 2.32. The van der Waals surface area contributed by atoms with Crippen molar-refractivity contribution in [3.05, 3.63) is 0 Å². The molecule has 1 aliphatic rings. The first-order valence-electron chi connectivity index (χ1n) is 4.30. The van der Waals surface area contributed by atoms with Gasteiger partial charge in [0.25, 0.3) is 0 Å². The molecule has 1 fully saturated rings. The number of aliphatic hydroxyl groups is 1. The van der Waals surface area contributed by atoms with Crippen LogP contribution in [0.15, 0.2) is 0 Å². The predicted octanol–water partition coefficient (Wildman–Crippen LogP) is -0.0822. The Balaban J connectivity index is 2.26. The van der Waals surface area contributed by atoms with Crippen molar-refractivity contribution in [1.29, 1.82) is 0 Å². The highest BCUT2D eigenvalue weighted by atomic mass is 16.4. The molecule has 70 valence electrons. The van der Waals surface area contributed by atoms with Crippen molar-refractivity contribution in [1.82, 2.24) is 4.90 Å². The number of hydrogen-bond donors (Lipinski definition) is 2. The molecule has 0 amide bonds. The van der Waals surface area contributed by atoms with Gasteiger partial charge in [0.2, 0.25) is 0 Å². The van der Waals surface area contributed by atoms with Crippen LogP contribution in [0.25, 0.3) is 0 Å². The maximum Gasteiger partial charge on any atom is 0.304 e. The largest absolute Gasteiger partial charge is 0.481 e. The summed E-state index contributed by atoms with van der Waals surface area (Å²) < 4.78 is 0. The second-order valence-electron chi connectivity index (χ2n) is 3.16. The molecule has 1 atom stereocenters. The zero-order valence-corrected chi connectivity index (χ0v) is 7.07. The molecule has 4 nitrogen and oxygen atoms in total. The number of likely N-dealkylation sites (tertiary alicyclic amines) is 1. The lowest BCUT2D eigenvalue weighted by Crippen LogP contribution is -2.33. The van der Waals surface area contributed by atoms with Crippen molar-refractivity contribution in [2.45, 2.75) is 25.3 Å². The van der Waals surface area contributed by atoms with Crippen LogP contribution in [-0.4, -0.2) is 46.8 Å². The zero-order valence-electron chi connectivity index (χ0n) is 7.07. The van der Waals surface area contributed by atoms with Gasteiger partial charge in [-0.15, -0.1) is 0 Å². The van der Waals surface area contributed by atoms with Crippen molar-refractivity contribution in [2.24, 2.45) is 0 Å². The molecular formula is C8H15NO3. The zero-order chi connectivity index (χ0) is 8.97. The number of rotatable bonds is 4. The predicted molar refractivity (Wildman–Crippen MR) is 43.9 cm³/mol. The van der Waals surface area contributed by atoms with E-state index in [0.717, 1.165) is 19.4 Å². The van der Waals surface area contributed by atoms with Gasteiger partial charge in [-0.2, -0.15) is 0 Å². The highest BCUT2D eigenvalue weighted by molar-refractivity contribution is 5.66. The Hall–Kier alpha value is -0.610. The molecule has 0 bridgehead atoms. The van der Waals surface area contributed by atoms with Gasteiger partial charge < -0.3 is 10.2 Å². The molecule has 4 heteroatoms. The topological polar surface area (TPSA) is 60.8 Å². The van der Waals surface area contributed by atoms with Crippen molar-refractivity contribution in [3.8, 4) is 0 Å². The van der Waals surface area contributed by atoms with Crippen molar-refractivity contribution in [3.63, 3.8) is 0 Å². The molecule has 1 heterocycles. The first-order chi connectivity index (χ1) is 5.74. The molecule has 0 aromatic heterocycles. The van der Waals surface area contributed by atoms with Gasteiger partial charge in [-0.05, 0) is 19.4 Å². The van der Waals surface area contributed by atoms with Gasteiger partial charge in [0.05, 0.1) is 13.0 Å². The van der Waals surface area contributed by atoms with Crippen LogP contribution in [0.3, 0.4) is 0 Å².